The molecule has 1 saturated heterocycles. The minimum absolute atomic E-state index is 0. The van der Waals surface area contributed by atoms with E-state index >= 15 is 0 Å². The van der Waals surface area contributed by atoms with Crippen molar-refractivity contribution in [3.63, 3.8) is 0 Å². The molecule has 2 aromatic heterocycles. The van der Waals surface area contributed by atoms with Crippen LogP contribution < -0.4 is 11.1 Å². The summed E-state index contributed by atoms with van der Waals surface area (Å²) in [4.78, 5) is 32.5. The highest BCUT2D eigenvalue weighted by atomic mass is 35.5. The van der Waals surface area contributed by atoms with Crippen LogP contribution in [0, 0.1) is 10.1 Å². The lowest BCUT2D eigenvalue weighted by atomic mass is 10.2. The largest absolute Gasteiger partial charge is 0.365 e. The SMILES string of the molecule is Cl.Cl.NCc1nc(C(=O)N2CCC(Nc3ccc([N+](=O)[O-])cn3)C2)cs1. The Bertz CT molecular complexity index is 757. The predicted molar refractivity (Wildman–Crippen MR) is 103 cm³/mol. The van der Waals surface area contributed by atoms with Gasteiger partial charge >= 0.3 is 0 Å². The molecule has 0 aromatic carbocycles. The molecule has 1 unspecified atom stereocenters. The van der Waals surface area contributed by atoms with Crippen LogP contribution in [-0.2, 0) is 6.54 Å². The number of anilines is 1. The monoisotopic (exact) mass is 420 g/mol. The smallest absolute Gasteiger partial charge is 0.287 e. The zero-order valence-electron chi connectivity index (χ0n) is 13.5. The lowest BCUT2D eigenvalue weighted by molar-refractivity contribution is -0.385. The Morgan fingerprint density at radius 3 is 2.81 bits per heavy atom. The molecule has 0 bridgehead atoms. The van der Waals surface area contributed by atoms with Crippen LogP contribution in [0.3, 0.4) is 0 Å². The van der Waals surface area contributed by atoms with Gasteiger partial charge in [-0.05, 0) is 12.5 Å². The summed E-state index contributed by atoms with van der Waals surface area (Å²) in [6.45, 7) is 1.49. The average Bonchev–Trinajstić information content (AvgIpc) is 3.24. The van der Waals surface area contributed by atoms with Gasteiger partial charge in [-0.15, -0.1) is 36.2 Å². The van der Waals surface area contributed by atoms with Crippen LogP contribution in [-0.4, -0.2) is 44.8 Å². The number of carbonyl (C=O) groups excluding carboxylic acids is 1. The Balaban J connectivity index is 0.00000169. The van der Waals surface area contributed by atoms with Crippen molar-refractivity contribution in [2.75, 3.05) is 18.4 Å². The number of nitrogens with two attached hydrogens (primary N) is 1. The third-order valence-corrected chi connectivity index (χ3v) is 4.60. The molecule has 2 aromatic rings. The Labute approximate surface area is 166 Å². The van der Waals surface area contributed by atoms with E-state index < -0.39 is 4.92 Å². The maximum atomic E-state index is 12.4. The van der Waals surface area contributed by atoms with E-state index in [1.54, 1.807) is 16.3 Å². The molecule has 26 heavy (non-hydrogen) atoms. The van der Waals surface area contributed by atoms with Gasteiger partial charge in [0.05, 0.1) is 4.92 Å². The minimum atomic E-state index is -0.490. The molecular formula is C14H18Cl2N6O3S. The molecule has 3 rings (SSSR count). The van der Waals surface area contributed by atoms with Gasteiger partial charge in [-0.2, -0.15) is 0 Å². The normalized spacial score (nSPS) is 15.7. The van der Waals surface area contributed by atoms with E-state index in [9.17, 15) is 14.9 Å². The molecule has 142 valence electrons. The van der Waals surface area contributed by atoms with E-state index in [0.29, 0.717) is 31.1 Å². The van der Waals surface area contributed by atoms with Crippen molar-refractivity contribution in [3.8, 4) is 0 Å². The van der Waals surface area contributed by atoms with Crippen molar-refractivity contribution < 1.29 is 9.72 Å². The quantitative estimate of drug-likeness (QED) is 0.559. The number of likely N-dealkylation sites (tertiary alicyclic amines) is 1. The van der Waals surface area contributed by atoms with Crippen molar-refractivity contribution >= 4 is 53.6 Å². The second-order valence-corrected chi connectivity index (χ2v) is 6.31. The molecule has 0 spiro atoms. The number of halogens is 2. The van der Waals surface area contributed by atoms with E-state index in [0.717, 1.165) is 11.4 Å². The van der Waals surface area contributed by atoms with Crippen molar-refractivity contribution in [1.82, 2.24) is 14.9 Å². The first kappa shape index (κ1) is 22.0. The number of rotatable bonds is 5. The standard InChI is InChI=1S/C14H16N6O3S.2ClH/c15-5-13-18-11(8-24-13)14(21)19-4-3-9(7-19)17-12-2-1-10(6-16-12)20(22)23;;/h1-2,6,8-9H,3-5,7,15H2,(H,16,17);2*1H. The second kappa shape index (κ2) is 9.62. The molecular weight excluding hydrogens is 403 g/mol. The first-order chi connectivity index (χ1) is 11.6. The third-order valence-electron chi connectivity index (χ3n) is 3.73. The molecule has 1 aliphatic rings. The number of aromatic nitrogens is 2. The van der Waals surface area contributed by atoms with E-state index in [1.165, 1.54) is 23.6 Å². The highest BCUT2D eigenvalue weighted by molar-refractivity contribution is 7.09. The summed E-state index contributed by atoms with van der Waals surface area (Å²) in [5.41, 5.74) is 5.89. The third kappa shape index (κ3) is 5.01. The first-order valence-corrected chi connectivity index (χ1v) is 8.25. The molecule has 1 aliphatic heterocycles. The second-order valence-electron chi connectivity index (χ2n) is 5.37. The number of pyridine rings is 1. The number of nitro groups is 1. The Kier molecular flexibility index (Phi) is 8.15. The van der Waals surface area contributed by atoms with Gasteiger partial charge in [0.2, 0.25) is 0 Å². The number of nitrogens with zero attached hydrogens (tertiary/aromatic N) is 4. The van der Waals surface area contributed by atoms with E-state index in [2.05, 4.69) is 15.3 Å². The lowest BCUT2D eigenvalue weighted by Gasteiger charge is -2.16. The fourth-order valence-corrected chi connectivity index (χ4v) is 3.16. The number of nitrogens with one attached hydrogen (secondary N) is 1. The zero-order valence-corrected chi connectivity index (χ0v) is 16.0. The van der Waals surface area contributed by atoms with Crippen molar-refractivity contribution in [2.24, 2.45) is 5.73 Å². The minimum Gasteiger partial charge on any atom is -0.365 e. The number of carbonyl (C=O) groups is 1. The number of hydrogen-bond acceptors (Lipinski definition) is 8. The van der Waals surface area contributed by atoms with Crippen LogP contribution in [0.1, 0.15) is 21.9 Å². The molecule has 0 aliphatic carbocycles. The Hall–Kier alpha value is -2.01. The molecule has 1 amide bonds. The predicted octanol–water partition coefficient (Wildman–Crippen LogP) is 2.08. The Morgan fingerprint density at radius 1 is 1.46 bits per heavy atom. The van der Waals surface area contributed by atoms with Crippen LogP contribution in [0.5, 0.6) is 0 Å². The summed E-state index contributed by atoms with van der Waals surface area (Å²) in [6.07, 6.45) is 1.99. The maximum Gasteiger partial charge on any atom is 0.287 e. The summed E-state index contributed by atoms with van der Waals surface area (Å²) in [6, 6.07) is 3.02. The zero-order chi connectivity index (χ0) is 17.1. The van der Waals surface area contributed by atoms with E-state index in [4.69, 9.17) is 5.73 Å². The summed E-state index contributed by atoms with van der Waals surface area (Å²) in [5, 5.41) is 16.3. The fourth-order valence-electron chi connectivity index (χ4n) is 2.52. The van der Waals surface area contributed by atoms with Gasteiger partial charge < -0.3 is 16.0 Å². The van der Waals surface area contributed by atoms with Crippen molar-refractivity contribution in [2.45, 2.75) is 19.0 Å². The Morgan fingerprint density at radius 2 is 2.23 bits per heavy atom. The van der Waals surface area contributed by atoms with E-state index in [1.807, 2.05) is 0 Å². The van der Waals surface area contributed by atoms with Gasteiger partial charge in [-0.1, -0.05) is 0 Å². The van der Waals surface area contributed by atoms with Crippen LogP contribution in [0.15, 0.2) is 23.7 Å². The molecule has 3 N–H and O–H groups in total. The lowest BCUT2D eigenvalue weighted by Crippen LogP contribution is -2.32. The van der Waals surface area contributed by atoms with Gasteiger partial charge in [0.25, 0.3) is 11.6 Å². The number of thiazole rings is 1. The van der Waals surface area contributed by atoms with Crippen molar-refractivity contribution in [1.29, 1.82) is 0 Å². The molecule has 0 radical (unpaired) electrons. The summed E-state index contributed by atoms with van der Waals surface area (Å²) >= 11 is 1.38. The summed E-state index contributed by atoms with van der Waals surface area (Å²) < 4.78 is 0. The van der Waals surface area contributed by atoms with E-state index in [-0.39, 0.29) is 42.5 Å². The topological polar surface area (TPSA) is 127 Å². The highest BCUT2D eigenvalue weighted by Gasteiger charge is 2.28. The van der Waals surface area contributed by atoms with Gasteiger partial charge in [-0.3, -0.25) is 14.9 Å². The molecule has 12 heteroatoms. The van der Waals surface area contributed by atoms with Crippen LogP contribution in [0.4, 0.5) is 11.5 Å². The molecule has 1 fully saturated rings. The summed E-state index contributed by atoms with van der Waals surface area (Å²) in [5.74, 6) is 0.450. The number of hydrogen-bond donors (Lipinski definition) is 2. The van der Waals surface area contributed by atoms with Gasteiger partial charge in [0, 0.05) is 37.1 Å². The molecule has 0 saturated carbocycles. The summed E-state index contributed by atoms with van der Waals surface area (Å²) in [7, 11) is 0. The van der Waals surface area contributed by atoms with Crippen LogP contribution >= 0.6 is 36.2 Å². The van der Waals surface area contributed by atoms with Gasteiger partial charge in [0.15, 0.2) is 0 Å². The van der Waals surface area contributed by atoms with Gasteiger partial charge in [-0.25, -0.2) is 9.97 Å². The highest BCUT2D eigenvalue weighted by Crippen LogP contribution is 2.19. The van der Waals surface area contributed by atoms with Crippen LogP contribution in [0.2, 0.25) is 0 Å². The average molecular weight is 421 g/mol. The number of amides is 1. The fraction of sp³-hybridized carbons (Fsp3) is 0.357. The molecule has 1 atom stereocenters. The first-order valence-electron chi connectivity index (χ1n) is 7.37. The van der Waals surface area contributed by atoms with Crippen LogP contribution in [0.25, 0.3) is 0 Å². The van der Waals surface area contributed by atoms with Gasteiger partial charge in [0.1, 0.15) is 22.7 Å². The molecule has 3 heterocycles. The maximum absolute atomic E-state index is 12.4. The van der Waals surface area contributed by atoms with Crippen molar-refractivity contribution in [3.05, 3.63) is 44.5 Å². The molecule has 9 nitrogen and oxygen atoms in total.